The average molecular weight is 366 g/mol. The van der Waals surface area contributed by atoms with Crippen LogP contribution >= 0.6 is 11.8 Å². The number of aliphatic imine (C=N–C) groups is 1. The summed E-state index contributed by atoms with van der Waals surface area (Å²) in [5.41, 5.74) is 0.746. The molecule has 4 rings (SSSR count). The first-order valence-corrected chi connectivity index (χ1v) is 9.40. The molecule has 0 N–H and O–H groups in total. The summed E-state index contributed by atoms with van der Waals surface area (Å²) < 4.78 is 0. The molecule has 1 fully saturated rings. The Morgan fingerprint density at radius 1 is 1.19 bits per heavy atom. The minimum absolute atomic E-state index is 0.0118. The van der Waals surface area contributed by atoms with E-state index in [4.69, 9.17) is 0 Å². The molecule has 0 bridgehead atoms. The van der Waals surface area contributed by atoms with Crippen LogP contribution in [0.5, 0.6) is 0 Å². The quantitative estimate of drug-likeness (QED) is 0.747. The minimum atomic E-state index is -0.332. The highest BCUT2D eigenvalue weighted by Gasteiger charge is 2.28. The van der Waals surface area contributed by atoms with Gasteiger partial charge in [0.15, 0.2) is 0 Å². The molecular formula is C19H18N4O2S. The maximum atomic E-state index is 12.6. The summed E-state index contributed by atoms with van der Waals surface area (Å²) in [6, 6.07) is 5.82. The highest BCUT2D eigenvalue weighted by molar-refractivity contribution is 8.05. The fraction of sp³-hybridized carbons (Fsp3) is 0.263. The number of hydrogen-bond donors (Lipinski definition) is 0. The molecule has 3 aliphatic rings. The Morgan fingerprint density at radius 2 is 2.04 bits per heavy atom. The Bertz CT molecular complexity index is 836. The van der Waals surface area contributed by atoms with Gasteiger partial charge in [-0.2, -0.15) is 0 Å². The molecule has 2 aliphatic heterocycles. The first-order valence-electron chi connectivity index (χ1n) is 8.52. The van der Waals surface area contributed by atoms with Crippen molar-refractivity contribution in [1.82, 2.24) is 9.88 Å². The third kappa shape index (κ3) is 3.48. The number of fused-ring (bicyclic) bond motifs is 1. The van der Waals surface area contributed by atoms with Gasteiger partial charge in [-0.25, -0.2) is 9.98 Å². The SMILES string of the molecule is O=C1N=C2C=CC=CC2S/C1=C\C(=O)N1CCN(c2ccccn2)CC1. The molecular weight excluding hydrogens is 348 g/mol. The van der Waals surface area contributed by atoms with Gasteiger partial charge in [-0.3, -0.25) is 9.59 Å². The zero-order chi connectivity index (χ0) is 17.9. The van der Waals surface area contributed by atoms with E-state index < -0.39 is 0 Å². The van der Waals surface area contributed by atoms with Crippen LogP contribution in [0.1, 0.15) is 0 Å². The topological polar surface area (TPSA) is 65.9 Å². The molecule has 0 aromatic carbocycles. The van der Waals surface area contributed by atoms with Crippen LogP contribution in [-0.2, 0) is 9.59 Å². The van der Waals surface area contributed by atoms with Crippen LogP contribution in [-0.4, -0.2) is 58.8 Å². The molecule has 1 aromatic heterocycles. The Kier molecular flexibility index (Phi) is 4.71. The summed E-state index contributed by atoms with van der Waals surface area (Å²) >= 11 is 1.39. The fourth-order valence-corrected chi connectivity index (χ4v) is 4.08. The van der Waals surface area contributed by atoms with Crippen molar-refractivity contribution in [2.24, 2.45) is 4.99 Å². The van der Waals surface area contributed by atoms with Crippen molar-refractivity contribution < 1.29 is 9.59 Å². The smallest absolute Gasteiger partial charge is 0.283 e. The molecule has 0 spiro atoms. The number of carbonyl (C=O) groups is 2. The lowest BCUT2D eigenvalue weighted by Gasteiger charge is -2.35. The number of nitrogens with zero attached hydrogens (tertiary/aromatic N) is 4. The van der Waals surface area contributed by atoms with Crippen LogP contribution in [0.25, 0.3) is 0 Å². The van der Waals surface area contributed by atoms with E-state index in [1.165, 1.54) is 17.8 Å². The van der Waals surface area contributed by atoms with Crippen molar-refractivity contribution in [2.45, 2.75) is 5.25 Å². The summed E-state index contributed by atoms with van der Waals surface area (Å²) in [6.45, 7) is 2.67. The highest BCUT2D eigenvalue weighted by Crippen LogP contribution is 2.31. The molecule has 2 amide bonds. The zero-order valence-corrected chi connectivity index (χ0v) is 14.9. The second kappa shape index (κ2) is 7.29. The highest BCUT2D eigenvalue weighted by atomic mass is 32.2. The number of piperazine rings is 1. The molecule has 1 saturated heterocycles. The number of hydrogen-bond acceptors (Lipinski definition) is 5. The van der Waals surface area contributed by atoms with E-state index in [1.54, 1.807) is 11.1 Å². The molecule has 6 nitrogen and oxygen atoms in total. The maximum Gasteiger partial charge on any atom is 0.283 e. The molecule has 0 radical (unpaired) electrons. The van der Waals surface area contributed by atoms with E-state index in [0.29, 0.717) is 18.0 Å². The van der Waals surface area contributed by atoms with Crippen molar-refractivity contribution in [3.63, 3.8) is 0 Å². The van der Waals surface area contributed by atoms with Gasteiger partial charge >= 0.3 is 0 Å². The molecule has 1 aliphatic carbocycles. The van der Waals surface area contributed by atoms with E-state index in [2.05, 4.69) is 14.9 Å². The van der Waals surface area contributed by atoms with Crippen molar-refractivity contribution in [2.75, 3.05) is 31.1 Å². The predicted octanol–water partition coefficient (Wildman–Crippen LogP) is 1.82. The third-order valence-electron chi connectivity index (χ3n) is 4.47. The predicted molar refractivity (Wildman–Crippen MR) is 103 cm³/mol. The first kappa shape index (κ1) is 16.8. The third-order valence-corrected chi connectivity index (χ3v) is 5.67. The van der Waals surface area contributed by atoms with E-state index in [0.717, 1.165) is 24.6 Å². The lowest BCUT2D eigenvalue weighted by Crippen LogP contribution is -2.48. The summed E-state index contributed by atoms with van der Waals surface area (Å²) in [7, 11) is 0. The molecule has 3 heterocycles. The Hall–Kier alpha value is -2.67. The average Bonchev–Trinajstić information content (AvgIpc) is 2.69. The number of thioether (sulfide) groups is 1. The minimum Gasteiger partial charge on any atom is -0.353 e. The number of carbonyl (C=O) groups excluding carboxylic acids is 2. The molecule has 1 aromatic rings. The lowest BCUT2D eigenvalue weighted by molar-refractivity contribution is -0.126. The Morgan fingerprint density at radius 3 is 2.81 bits per heavy atom. The van der Waals surface area contributed by atoms with Gasteiger partial charge in [0.25, 0.3) is 5.91 Å². The van der Waals surface area contributed by atoms with Crippen molar-refractivity contribution in [3.8, 4) is 0 Å². The second-order valence-electron chi connectivity index (χ2n) is 6.13. The number of pyridine rings is 1. The number of anilines is 1. The molecule has 1 atom stereocenters. The fourth-order valence-electron chi connectivity index (χ4n) is 3.07. The molecule has 0 saturated carbocycles. The summed E-state index contributed by atoms with van der Waals surface area (Å²) in [6.07, 6.45) is 10.8. The molecule has 1 unspecified atom stereocenters. The zero-order valence-electron chi connectivity index (χ0n) is 14.1. The van der Waals surface area contributed by atoms with E-state index in [1.807, 2.05) is 42.5 Å². The Labute approximate surface area is 156 Å². The monoisotopic (exact) mass is 366 g/mol. The summed E-state index contributed by atoms with van der Waals surface area (Å²) in [5.74, 6) is 0.465. The normalized spacial score (nSPS) is 23.8. The number of aromatic nitrogens is 1. The van der Waals surface area contributed by atoms with Crippen molar-refractivity contribution in [3.05, 3.63) is 59.7 Å². The van der Waals surface area contributed by atoms with E-state index in [9.17, 15) is 9.59 Å². The summed E-state index contributed by atoms with van der Waals surface area (Å²) in [5, 5.41) is 0.0118. The molecule has 26 heavy (non-hydrogen) atoms. The van der Waals surface area contributed by atoms with Gasteiger partial charge < -0.3 is 9.80 Å². The molecule has 132 valence electrons. The van der Waals surface area contributed by atoms with Gasteiger partial charge in [0.05, 0.1) is 15.9 Å². The summed E-state index contributed by atoms with van der Waals surface area (Å²) in [4.78, 5) is 37.6. The molecule has 7 heteroatoms. The van der Waals surface area contributed by atoms with Crippen LogP contribution in [0.15, 0.2) is 64.7 Å². The lowest BCUT2D eigenvalue weighted by atomic mass is 10.1. The number of rotatable bonds is 2. The van der Waals surface area contributed by atoms with Crippen LogP contribution in [0.2, 0.25) is 0 Å². The number of amides is 2. The van der Waals surface area contributed by atoms with Crippen LogP contribution in [0.3, 0.4) is 0 Å². The maximum absolute atomic E-state index is 12.6. The first-order chi connectivity index (χ1) is 12.7. The Balaban J connectivity index is 1.40. The van der Waals surface area contributed by atoms with Crippen molar-refractivity contribution >= 4 is 35.1 Å². The largest absolute Gasteiger partial charge is 0.353 e. The van der Waals surface area contributed by atoms with Gasteiger partial charge in [-0.15, -0.1) is 11.8 Å². The van der Waals surface area contributed by atoms with Gasteiger partial charge in [0.1, 0.15) is 5.82 Å². The van der Waals surface area contributed by atoms with E-state index in [-0.39, 0.29) is 17.1 Å². The van der Waals surface area contributed by atoms with Crippen LogP contribution in [0.4, 0.5) is 5.82 Å². The van der Waals surface area contributed by atoms with E-state index >= 15 is 0 Å². The second-order valence-corrected chi connectivity index (χ2v) is 7.32. The standard InChI is InChI=1S/C19H18N4O2S/c24-18(13-16-19(25)21-14-5-1-2-6-15(14)26-16)23-11-9-22(10-12-23)17-7-3-4-8-20-17/h1-8,13,15H,9-12H2/b16-13-. The van der Waals surface area contributed by atoms with Crippen LogP contribution in [0, 0.1) is 0 Å². The van der Waals surface area contributed by atoms with Gasteiger partial charge in [-0.1, -0.05) is 24.3 Å². The van der Waals surface area contributed by atoms with Gasteiger partial charge in [0.2, 0.25) is 5.91 Å². The van der Waals surface area contributed by atoms with Crippen LogP contribution < -0.4 is 4.90 Å². The van der Waals surface area contributed by atoms with Gasteiger partial charge in [0, 0.05) is 38.5 Å². The number of allylic oxidation sites excluding steroid dienone is 3. The van der Waals surface area contributed by atoms with Crippen molar-refractivity contribution in [1.29, 1.82) is 0 Å². The van der Waals surface area contributed by atoms with Gasteiger partial charge in [-0.05, 0) is 18.2 Å².